The summed E-state index contributed by atoms with van der Waals surface area (Å²) in [5, 5.41) is 0. The zero-order chi connectivity index (χ0) is 12.6. The van der Waals surface area contributed by atoms with Crippen molar-refractivity contribution >= 4 is 11.8 Å². The van der Waals surface area contributed by atoms with Crippen LogP contribution in [0.2, 0.25) is 0 Å². The summed E-state index contributed by atoms with van der Waals surface area (Å²) in [6.45, 7) is 12.6. The molecule has 1 aliphatic rings. The number of aromatic amines is 1. The van der Waals surface area contributed by atoms with Gasteiger partial charge < -0.3 is 4.98 Å². The maximum absolute atomic E-state index is 4.39. The van der Waals surface area contributed by atoms with Crippen molar-refractivity contribution in [1.82, 2.24) is 4.98 Å². The number of nitrogens with zero attached hydrogens (tertiary/aromatic N) is 1. The van der Waals surface area contributed by atoms with Crippen LogP contribution in [0.15, 0.2) is 22.8 Å². The Morgan fingerprint density at radius 3 is 2.53 bits per heavy atom. The van der Waals surface area contributed by atoms with Gasteiger partial charge in [0.1, 0.15) is 0 Å². The Hall–Kier alpha value is -1.57. The Morgan fingerprint density at radius 2 is 2.06 bits per heavy atom. The number of hydrogen-bond acceptors (Lipinski definition) is 1. The molecule has 1 aromatic rings. The first-order valence-corrected chi connectivity index (χ1v) is 6.15. The van der Waals surface area contributed by atoms with Crippen molar-refractivity contribution in [3.05, 3.63) is 40.4 Å². The number of aryl methyl sites for hydroxylation is 1. The van der Waals surface area contributed by atoms with Gasteiger partial charge in [-0.1, -0.05) is 13.5 Å². The van der Waals surface area contributed by atoms with E-state index in [-0.39, 0.29) is 0 Å². The number of aromatic nitrogens is 1. The van der Waals surface area contributed by atoms with Crippen molar-refractivity contribution in [1.29, 1.82) is 0 Å². The molecule has 2 heterocycles. The van der Waals surface area contributed by atoms with E-state index in [1.54, 1.807) is 0 Å². The maximum atomic E-state index is 4.39. The van der Waals surface area contributed by atoms with Crippen LogP contribution in [-0.2, 0) is 6.42 Å². The molecule has 2 heteroatoms. The predicted octanol–water partition coefficient (Wildman–Crippen LogP) is 3.96. The minimum absolute atomic E-state index is 0.909. The summed E-state index contributed by atoms with van der Waals surface area (Å²) in [6.07, 6.45) is 4.20. The second-order valence-corrected chi connectivity index (χ2v) is 4.76. The lowest BCUT2D eigenvalue weighted by Crippen LogP contribution is -1.86. The Balaban J connectivity index is 2.38. The molecule has 0 saturated heterocycles. The van der Waals surface area contributed by atoms with Gasteiger partial charge in [0.2, 0.25) is 0 Å². The standard InChI is InChI=1S/C15H20N2/c1-6-14-10(3)15(17-12(14)5)8-13-7-9(2)16-11(13)4/h8,17H,4,6-7H2,1-3,5H3/b13-8+. The average molecular weight is 228 g/mol. The molecule has 17 heavy (non-hydrogen) atoms. The summed E-state index contributed by atoms with van der Waals surface area (Å²) in [5.41, 5.74) is 8.56. The minimum atomic E-state index is 0.909. The van der Waals surface area contributed by atoms with Crippen molar-refractivity contribution in [2.45, 2.75) is 40.5 Å². The highest BCUT2D eigenvalue weighted by atomic mass is 14.8. The van der Waals surface area contributed by atoms with Crippen LogP contribution in [0.5, 0.6) is 0 Å². The molecule has 1 N–H and O–H groups in total. The molecular weight excluding hydrogens is 208 g/mol. The first-order chi connectivity index (χ1) is 8.02. The fraction of sp³-hybridized carbons (Fsp3) is 0.400. The second kappa shape index (κ2) is 4.36. The first-order valence-electron chi connectivity index (χ1n) is 6.15. The largest absolute Gasteiger partial charge is 0.359 e. The van der Waals surface area contributed by atoms with Crippen LogP contribution in [0.3, 0.4) is 0 Å². The smallest absolute Gasteiger partial charge is 0.0593 e. The third-order valence-electron chi connectivity index (χ3n) is 3.45. The minimum Gasteiger partial charge on any atom is -0.359 e. The molecule has 0 aliphatic carbocycles. The van der Waals surface area contributed by atoms with Gasteiger partial charge in [0.05, 0.1) is 5.70 Å². The molecule has 0 radical (unpaired) electrons. The van der Waals surface area contributed by atoms with Crippen LogP contribution >= 0.6 is 0 Å². The van der Waals surface area contributed by atoms with E-state index in [0.29, 0.717) is 0 Å². The Labute approximate surface area is 103 Å². The lowest BCUT2D eigenvalue weighted by Gasteiger charge is -1.99. The quantitative estimate of drug-likeness (QED) is 0.793. The molecule has 1 aromatic heterocycles. The van der Waals surface area contributed by atoms with Gasteiger partial charge in [0.25, 0.3) is 0 Å². The molecule has 2 rings (SSSR count). The summed E-state index contributed by atoms with van der Waals surface area (Å²) in [6, 6.07) is 0. The van der Waals surface area contributed by atoms with Crippen LogP contribution in [0.1, 0.15) is 42.8 Å². The third-order valence-corrected chi connectivity index (χ3v) is 3.45. The summed E-state index contributed by atoms with van der Waals surface area (Å²) in [4.78, 5) is 7.84. The lowest BCUT2D eigenvalue weighted by atomic mass is 10.0. The van der Waals surface area contributed by atoms with Crippen LogP contribution in [0, 0.1) is 13.8 Å². The van der Waals surface area contributed by atoms with Gasteiger partial charge in [-0.3, -0.25) is 4.99 Å². The van der Waals surface area contributed by atoms with Crippen molar-refractivity contribution in [3.63, 3.8) is 0 Å². The number of nitrogens with one attached hydrogen (secondary N) is 1. The fourth-order valence-corrected chi connectivity index (χ4v) is 2.52. The van der Waals surface area contributed by atoms with Crippen LogP contribution in [-0.4, -0.2) is 10.7 Å². The second-order valence-electron chi connectivity index (χ2n) is 4.76. The van der Waals surface area contributed by atoms with E-state index < -0.39 is 0 Å². The molecule has 0 unspecified atom stereocenters. The summed E-state index contributed by atoms with van der Waals surface area (Å²) in [5.74, 6) is 0. The van der Waals surface area contributed by atoms with Gasteiger partial charge in [-0.2, -0.15) is 0 Å². The summed E-state index contributed by atoms with van der Waals surface area (Å²) < 4.78 is 0. The fourth-order valence-electron chi connectivity index (χ4n) is 2.52. The number of H-pyrrole nitrogens is 1. The zero-order valence-corrected chi connectivity index (χ0v) is 11.1. The Bertz CT molecular complexity index is 527. The molecule has 0 atom stereocenters. The highest BCUT2D eigenvalue weighted by molar-refractivity contribution is 5.91. The number of rotatable bonds is 2. The van der Waals surface area contributed by atoms with E-state index in [4.69, 9.17) is 0 Å². The molecule has 90 valence electrons. The van der Waals surface area contributed by atoms with Gasteiger partial charge >= 0.3 is 0 Å². The Morgan fingerprint density at radius 1 is 1.35 bits per heavy atom. The monoisotopic (exact) mass is 228 g/mol. The van der Waals surface area contributed by atoms with Crippen LogP contribution < -0.4 is 0 Å². The summed E-state index contributed by atoms with van der Waals surface area (Å²) >= 11 is 0. The topological polar surface area (TPSA) is 28.1 Å². The summed E-state index contributed by atoms with van der Waals surface area (Å²) in [7, 11) is 0. The molecule has 1 aliphatic heterocycles. The van der Waals surface area contributed by atoms with E-state index in [0.717, 1.165) is 24.3 Å². The predicted molar refractivity (Wildman–Crippen MR) is 74.5 cm³/mol. The molecular formula is C15H20N2. The average Bonchev–Trinajstić information content (AvgIpc) is 2.69. The van der Waals surface area contributed by atoms with E-state index in [1.807, 2.05) is 0 Å². The lowest BCUT2D eigenvalue weighted by molar-refractivity contribution is 1.08. The SMILES string of the molecule is C=C1N=C(C)C/C1=C\c1[nH]c(C)c(CC)c1C. The molecule has 0 fully saturated rings. The Kier molecular flexibility index (Phi) is 3.05. The highest BCUT2D eigenvalue weighted by Gasteiger charge is 2.14. The normalized spacial score (nSPS) is 18.0. The highest BCUT2D eigenvalue weighted by Crippen LogP contribution is 2.27. The van der Waals surface area contributed by atoms with Crippen LogP contribution in [0.25, 0.3) is 6.08 Å². The molecule has 2 nitrogen and oxygen atoms in total. The first kappa shape index (κ1) is 11.9. The molecule has 0 bridgehead atoms. The molecule has 0 saturated carbocycles. The zero-order valence-electron chi connectivity index (χ0n) is 11.1. The van der Waals surface area contributed by atoms with Crippen molar-refractivity contribution in [2.75, 3.05) is 0 Å². The van der Waals surface area contributed by atoms with Gasteiger partial charge in [-0.15, -0.1) is 0 Å². The van der Waals surface area contributed by atoms with Crippen LogP contribution in [0.4, 0.5) is 0 Å². The molecule has 0 aromatic carbocycles. The third kappa shape index (κ3) is 2.12. The number of hydrogen-bond donors (Lipinski definition) is 1. The van der Waals surface area contributed by atoms with Crippen molar-refractivity contribution < 1.29 is 0 Å². The van der Waals surface area contributed by atoms with Gasteiger partial charge in [0.15, 0.2) is 0 Å². The van der Waals surface area contributed by atoms with Crippen molar-refractivity contribution in [2.24, 2.45) is 4.99 Å². The number of allylic oxidation sites excluding steroid dienone is 1. The van der Waals surface area contributed by atoms with Crippen molar-refractivity contribution in [3.8, 4) is 0 Å². The van der Waals surface area contributed by atoms with E-state index in [9.17, 15) is 0 Å². The number of aliphatic imine (C=N–C) groups is 1. The van der Waals surface area contributed by atoms with Gasteiger partial charge in [0, 0.05) is 23.5 Å². The molecule has 0 amide bonds. The van der Waals surface area contributed by atoms with E-state index >= 15 is 0 Å². The van der Waals surface area contributed by atoms with E-state index in [1.165, 1.54) is 28.1 Å². The molecule has 0 spiro atoms. The van der Waals surface area contributed by atoms with Gasteiger partial charge in [-0.05, 0) is 50.0 Å². The van der Waals surface area contributed by atoms with Gasteiger partial charge in [-0.25, -0.2) is 0 Å². The maximum Gasteiger partial charge on any atom is 0.0593 e. The van der Waals surface area contributed by atoms with E-state index in [2.05, 4.69) is 50.3 Å².